The Bertz CT molecular complexity index is 248. The van der Waals surface area contributed by atoms with E-state index in [1.165, 1.54) is 4.90 Å². The van der Waals surface area contributed by atoms with Gasteiger partial charge in [-0.25, -0.2) is 0 Å². The molecule has 1 fully saturated rings. The predicted molar refractivity (Wildman–Crippen MR) is 52.2 cm³/mol. The van der Waals surface area contributed by atoms with Gasteiger partial charge in [0.15, 0.2) is 0 Å². The third-order valence-corrected chi connectivity index (χ3v) is 2.71. The first-order chi connectivity index (χ1) is 6.55. The molecular weight excluding hydrogens is 182 g/mol. The van der Waals surface area contributed by atoms with Crippen LogP contribution in [0.15, 0.2) is 0 Å². The summed E-state index contributed by atoms with van der Waals surface area (Å²) in [6.07, 6.45) is 1.66. The third kappa shape index (κ3) is 2.04. The van der Waals surface area contributed by atoms with Crippen molar-refractivity contribution in [1.29, 1.82) is 0 Å². The monoisotopic (exact) mass is 199 g/mol. The van der Waals surface area contributed by atoms with Gasteiger partial charge in [0.25, 0.3) is 0 Å². The number of amides is 2. The van der Waals surface area contributed by atoms with Gasteiger partial charge in [0.1, 0.15) is 0 Å². The van der Waals surface area contributed by atoms with Crippen LogP contribution in [0.1, 0.15) is 19.8 Å². The maximum Gasteiger partial charge on any atom is 0.237 e. The zero-order chi connectivity index (χ0) is 10.8. The average Bonchev–Trinajstić information content (AvgIpc) is 2.93. The zero-order valence-electron chi connectivity index (χ0n) is 8.45. The quantitative estimate of drug-likeness (QED) is 0.598. The van der Waals surface area contributed by atoms with Gasteiger partial charge in [-0.05, 0) is 19.8 Å². The Kier molecular flexibility index (Phi) is 3.10. The van der Waals surface area contributed by atoms with E-state index in [2.05, 4.69) is 0 Å². The van der Waals surface area contributed by atoms with Crippen LogP contribution in [0.3, 0.4) is 0 Å². The maximum atomic E-state index is 11.9. The van der Waals surface area contributed by atoms with Crippen LogP contribution in [0.2, 0.25) is 0 Å². The predicted octanol–water partition coefficient (Wildman–Crippen LogP) is -0.941. The topological polar surface area (TPSA) is 89.4 Å². The van der Waals surface area contributed by atoms with E-state index < -0.39 is 5.91 Å². The van der Waals surface area contributed by atoms with Gasteiger partial charge in [-0.3, -0.25) is 9.59 Å². The Morgan fingerprint density at radius 1 is 1.43 bits per heavy atom. The highest BCUT2D eigenvalue weighted by Crippen LogP contribution is 2.46. The molecule has 0 aromatic rings. The molecule has 0 aromatic carbocycles. The molecule has 5 heteroatoms. The van der Waals surface area contributed by atoms with E-state index >= 15 is 0 Å². The molecule has 0 heterocycles. The van der Waals surface area contributed by atoms with Crippen molar-refractivity contribution in [2.24, 2.45) is 16.9 Å². The Balaban J connectivity index is 2.61. The third-order valence-electron chi connectivity index (χ3n) is 2.71. The van der Waals surface area contributed by atoms with Crippen molar-refractivity contribution in [1.82, 2.24) is 4.90 Å². The lowest BCUT2D eigenvalue weighted by atomic mass is 10.1. The summed E-state index contributed by atoms with van der Waals surface area (Å²) in [4.78, 5) is 24.0. The SMILES string of the molecule is CCN(CC(N)=O)C(=O)C1(CN)CC1. The number of hydrogen-bond acceptors (Lipinski definition) is 3. The van der Waals surface area contributed by atoms with Crippen LogP contribution >= 0.6 is 0 Å². The summed E-state index contributed by atoms with van der Waals surface area (Å²) in [7, 11) is 0. The summed E-state index contributed by atoms with van der Waals surface area (Å²) in [6, 6.07) is 0. The number of nitrogens with zero attached hydrogens (tertiary/aromatic N) is 1. The van der Waals surface area contributed by atoms with Crippen molar-refractivity contribution in [2.75, 3.05) is 19.6 Å². The lowest BCUT2D eigenvalue weighted by Gasteiger charge is -2.23. The number of hydrogen-bond donors (Lipinski definition) is 2. The zero-order valence-corrected chi connectivity index (χ0v) is 8.45. The lowest BCUT2D eigenvalue weighted by Crippen LogP contribution is -2.44. The molecule has 1 aliphatic rings. The first kappa shape index (κ1) is 11.0. The lowest BCUT2D eigenvalue weighted by molar-refractivity contribution is -0.139. The van der Waals surface area contributed by atoms with Gasteiger partial charge in [-0.15, -0.1) is 0 Å². The fourth-order valence-electron chi connectivity index (χ4n) is 1.51. The van der Waals surface area contributed by atoms with E-state index in [1.54, 1.807) is 0 Å². The first-order valence-electron chi connectivity index (χ1n) is 4.83. The number of carbonyl (C=O) groups is 2. The van der Waals surface area contributed by atoms with E-state index in [-0.39, 0.29) is 17.9 Å². The molecule has 0 unspecified atom stereocenters. The maximum absolute atomic E-state index is 11.9. The van der Waals surface area contributed by atoms with Gasteiger partial charge < -0.3 is 16.4 Å². The van der Waals surface area contributed by atoms with Crippen LogP contribution in [-0.4, -0.2) is 36.3 Å². The molecular formula is C9H17N3O2. The van der Waals surface area contributed by atoms with E-state index in [4.69, 9.17) is 11.5 Å². The van der Waals surface area contributed by atoms with Crippen molar-refractivity contribution < 1.29 is 9.59 Å². The molecule has 0 spiro atoms. The van der Waals surface area contributed by atoms with Gasteiger partial charge in [0.05, 0.1) is 12.0 Å². The Morgan fingerprint density at radius 3 is 2.29 bits per heavy atom. The van der Waals surface area contributed by atoms with Crippen LogP contribution in [0.4, 0.5) is 0 Å². The molecule has 2 amide bonds. The van der Waals surface area contributed by atoms with Gasteiger partial charge in [0, 0.05) is 13.1 Å². The van der Waals surface area contributed by atoms with Gasteiger partial charge in [-0.2, -0.15) is 0 Å². The molecule has 4 N–H and O–H groups in total. The summed E-state index contributed by atoms with van der Waals surface area (Å²) in [5, 5.41) is 0. The number of rotatable bonds is 5. The summed E-state index contributed by atoms with van der Waals surface area (Å²) in [5.74, 6) is -0.505. The van der Waals surface area contributed by atoms with Gasteiger partial charge in [0.2, 0.25) is 11.8 Å². The molecule has 80 valence electrons. The molecule has 5 nitrogen and oxygen atoms in total. The van der Waals surface area contributed by atoms with Gasteiger partial charge in [-0.1, -0.05) is 0 Å². The van der Waals surface area contributed by atoms with Crippen LogP contribution in [-0.2, 0) is 9.59 Å². The number of carbonyl (C=O) groups excluding carboxylic acids is 2. The average molecular weight is 199 g/mol. The molecule has 0 aliphatic heterocycles. The smallest absolute Gasteiger partial charge is 0.237 e. The number of primary amides is 1. The minimum absolute atomic E-state index is 0.00289. The second-order valence-corrected chi connectivity index (χ2v) is 3.77. The second kappa shape index (κ2) is 3.96. The number of likely N-dealkylation sites (N-methyl/N-ethyl adjacent to an activating group) is 1. The first-order valence-corrected chi connectivity index (χ1v) is 4.83. The summed E-state index contributed by atoms with van der Waals surface area (Å²) < 4.78 is 0. The van der Waals surface area contributed by atoms with Crippen LogP contribution in [0.25, 0.3) is 0 Å². The highest BCUT2D eigenvalue weighted by molar-refractivity contribution is 5.89. The van der Waals surface area contributed by atoms with Crippen molar-refractivity contribution in [2.45, 2.75) is 19.8 Å². The van der Waals surface area contributed by atoms with Crippen molar-refractivity contribution >= 4 is 11.8 Å². The molecule has 0 radical (unpaired) electrons. The molecule has 1 saturated carbocycles. The Hall–Kier alpha value is -1.10. The molecule has 14 heavy (non-hydrogen) atoms. The fraction of sp³-hybridized carbons (Fsp3) is 0.778. The van der Waals surface area contributed by atoms with E-state index in [0.717, 1.165) is 12.8 Å². The minimum Gasteiger partial charge on any atom is -0.368 e. The van der Waals surface area contributed by atoms with E-state index in [1.807, 2.05) is 6.92 Å². The minimum atomic E-state index is -0.479. The molecule has 0 atom stereocenters. The van der Waals surface area contributed by atoms with Crippen LogP contribution in [0, 0.1) is 5.41 Å². The number of nitrogens with two attached hydrogens (primary N) is 2. The molecule has 0 bridgehead atoms. The van der Waals surface area contributed by atoms with Crippen molar-refractivity contribution in [3.8, 4) is 0 Å². The summed E-state index contributed by atoms with van der Waals surface area (Å²) in [5.41, 5.74) is 10.2. The summed E-state index contributed by atoms with van der Waals surface area (Å²) >= 11 is 0. The molecule has 0 saturated heterocycles. The van der Waals surface area contributed by atoms with Crippen LogP contribution < -0.4 is 11.5 Å². The van der Waals surface area contributed by atoms with Crippen molar-refractivity contribution in [3.05, 3.63) is 0 Å². The fourth-order valence-corrected chi connectivity index (χ4v) is 1.51. The van der Waals surface area contributed by atoms with Gasteiger partial charge >= 0.3 is 0 Å². The van der Waals surface area contributed by atoms with E-state index in [0.29, 0.717) is 13.1 Å². The Morgan fingerprint density at radius 2 is 2.00 bits per heavy atom. The molecule has 0 aromatic heterocycles. The second-order valence-electron chi connectivity index (χ2n) is 3.77. The van der Waals surface area contributed by atoms with E-state index in [9.17, 15) is 9.59 Å². The normalized spacial score (nSPS) is 17.6. The molecule has 1 aliphatic carbocycles. The Labute approximate surface area is 83.4 Å². The largest absolute Gasteiger partial charge is 0.368 e. The van der Waals surface area contributed by atoms with Crippen LogP contribution in [0.5, 0.6) is 0 Å². The highest BCUT2D eigenvalue weighted by Gasteiger charge is 2.50. The summed E-state index contributed by atoms with van der Waals surface area (Å²) in [6.45, 7) is 2.69. The standard InChI is InChI=1S/C9H17N3O2/c1-2-12(5-7(11)13)8(14)9(6-10)3-4-9/h2-6,10H2,1H3,(H2,11,13). The highest BCUT2D eigenvalue weighted by atomic mass is 16.2. The van der Waals surface area contributed by atoms with Crippen molar-refractivity contribution in [3.63, 3.8) is 0 Å². The molecule has 1 rings (SSSR count).